The van der Waals surface area contributed by atoms with Gasteiger partial charge >= 0.3 is 0 Å². The Morgan fingerprint density at radius 2 is 2.07 bits per heavy atom. The normalized spacial score (nSPS) is 16.7. The number of nitrogens with zero attached hydrogens (tertiary/aromatic N) is 3. The highest BCUT2D eigenvalue weighted by Gasteiger charge is 2.24. The number of nitrogens with one attached hydrogen (secondary N) is 1. The Hall–Kier alpha value is -2.98. The lowest BCUT2D eigenvalue weighted by Gasteiger charge is -2.02. The van der Waals surface area contributed by atoms with Crippen LogP contribution in [0, 0.1) is 10.1 Å². The van der Waals surface area contributed by atoms with Crippen LogP contribution < -0.4 is 10.1 Å². The molecule has 1 N–H and O–H groups in total. The Kier molecular flexibility index (Phi) is 6.22. The maximum atomic E-state index is 12.1. The zero-order valence-electron chi connectivity index (χ0n) is 14.5. The van der Waals surface area contributed by atoms with Crippen molar-refractivity contribution in [1.82, 2.24) is 5.32 Å². The van der Waals surface area contributed by atoms with Gasteiger partial charge in [0.25, 0.3) is 11.6 Å². The average Bonchev–Trinajstić information content (AvgIpc) is 3.01. The predicted molar refractivity (Wildman–Crippen MR) is 113 cm³/mol. The maximum Gasteiger partial charge on any atom is 0.270 e. The molecule has 0 bridgehead atoms. The molecule has 0 spiro atoms. The van der Waals surface area contributed by atoms with Crippen molar-refractivity contribution in [2.24, 2.45) is 10.2 Å². The smallest absolute Gasteiger partial charge is 0.270 e. The third kappa shape index (κ3) is 4.84. The van der Waals surface area contributed by atoms with Gasteiger partial charge < -0.3 is 4.74 Å². The van der Waals surface area contributed by atoms with Gasteiger partial charge in [0.15, 0.2) is 5.17 Å². The van der Waals surface area contributed by atoms with E-state index in [4.69, 9.17) is 4.74 Å². The Morgan fingerprint density at radius 3 is 2.79 bits per heavy atom. The van der Waals surface area contributed by atoms with Crippen LogP contribution in [-0.4, -0.2) is 29.3 Å². The molecule has 1 aliphatic rings. The minimum atomic E-state index is -0.483. The van der Waals surface area contributed by atoms with E-state index in [1.54, 1.807) is 37.6 Å². The van der Waals surface area contributed by atoms with Crippen molar-refractivity contribution in [1.29, 1.82) is 0 Å². The first-order chi connectivity index (χ1) is 13.5. The minimum Gasteiger partial charge on any atom is -0.496 e. The summed E-state index contributed by atoms with van der Waals surface area (Å²) in [4.78, 5) is 22.8. The van der Waals surface area contributed by atoms with Crippen molar-refractivity contribution >= 4 is 56.7 Å². The standard InChI is InChI=1S/C18H13BrN4O4S/c1-27-15-6-5-12(8-14(15)19)10-20-22-18-21-17(24)16(28-18)9-11-3-2-4-13(7-11)23(25)26/h2-10H,1H3,(H,21,22,24). The van der Waals surface area contributed by atoms with Gasteiger partial charge in [-0.1, -0.05) is 12.1 Å². The molecule has 28 heavy (non-hydrogen) atoms. The highest BCUT2D eigenvalue weighted by Crippen LogP contribution is 2.27. The second-order valence-electron chi connectivity index (χ2n) is 5.46. The van der Waals surface area contributed by atoms with Gasteiger partial charge in [0, 0.05) is 12.1 Å². The topological polar surface area (TPSA) is 106 Å². The lowest BCUT2D eigenvalue weighted by atomic mass is 10.2. The number of non-ortho nitro benzene ring substituents is 1. The monoisotopic (exact) mass is 460 g/mol. The van der Waals surface area contributed by atoms with Crippen molar-refractivity contribution in [3.63, 3.8) is 0 Å². The SMILES string of the molecule is COc1ccc(C=N/N=C2/NC(=O)C(=Cc3cccc([N+](=O)[O-])c3)S2)cc1Br. The summed E-state index contributed by atoms with van der Waals surface area (Å²) in [6, 6.07) is 11.5. The molecular weight excluding hydrogens is 448 g/mol. The number of amides is 1. The number of amidine groups is 1. The third-order valence-electron chi connectivity index (χ3n) is 3.56. The summed E-state index contributed by atoms with van der Waals surface area (Å²) in [6.45, 7) is 0. The van der Waals surface area contributed by atoms with Crippen LogP contribution in [-0.2, 0) is 4.79 Å². The second-order valence-corrected chi connectivity index (χ2v) is 7.35. The molecule has 0 aliphatic carbocycles. The summed E-state index contributed by atoms with van der Waals surface area (Å²) in [6.07, 6.45) is 3.12. The van der Waals surface area contributed by atoms with Crippen molar-refractivity contribution in [3.8, 4) is 5.75 Å². The number of ether oxygens (including phenoxy) is 1. The van der Waals surface area contributed by atoms with Gasteiger partial charge in [-0.2, -0.15) is 5.10 Å². The van der Waals surface area contributed by atoms with Gasteiger partial charge in [0.1, 0.15) is 5.75 Å². The summed E-state index contributed by atoms with van der Waals surface area (Å²) >= 11 is 4.50. The van der Waals surface area contributed by atoms with Crippen molar-refractivity contribution < 1.29 is 14.5 Å². The molecule has 1 aliphatic heterocycles. The number of methoxy groups -OCH3 is 1. The van der Waals surface area contributed by atoms with Crippen LogP contribution in [0.4, 0.5) is 5.69 Å². The molecule has 0 radical (unpaired) electrons. The highest BCUT2D eigenvalue weighted by molar-refractivity contribution is 9.10. The number of nitro groups is 1. The Balaban J connectivity index is 1.72. The zero-order valence-corrected chi connectivity index (χ0v) is 16.9. The van der Waals surface area contributed by atoms with Crippen LogP contribution in [0.3, 0.4) is 0 Å². The molecule has 1 amide bonds. The molecule has 2 aromatic rings. The first kappa shape index (κ1) is 19.8. The molecule has 2 aromatic carbocycles. The van der Waals surface area contributed by atoms with Gasteiger partial charge in [-0.15, -0.1) is 5.10 Å². The summed E-state index contributed by atoms with van der Waals surface area (Å²) in [5, 5.41) is 21.8. The third-order valence-corrected chi connectivity index (χ3v) is 5.08. The second kappa shape index (κ2) is 8.81. The summed E-state index contributed by atoms with van der Waals surface area (Å²) in [7, 11) is 1.58. The fourth-order valence-electron chi connectivity index (χ4n) is 2.27. The number of carbonyl (C=O) groups is 1. The zero-order chi connectivity index (χ0) is 20.1. The summed E-state index contributed by atoms with van der Waals surface area (Å²) in [5.74, 6) is 0.371. The summed E-state index contributed by atoms with van der Waals surface area (Å²) in [5.41, 5.74) is 1.32. The van der Waals surface area contributed by atoms with Crippen molar-refractivity contribution in [3.05, 3.63) is 73.1 Å². The van der Waals surface area contributed by atoms with Gasteiger partial charge in [-0.25, -0.2) is 0 Å². The van der Waals surface area contributed by atoms with Gasteiger partial charge in [-0.05, 0) is 63.1 Å². The number of rotatable bonds is 5. The Morgan fingerprint density at radius 1 is 1.25 bits per heavy atom. The fourth-order valence-corrected chi connectivity index (χ4v) is 3.60. The van der Waals surface area contributed by atoms with Crippen LogP contribution in [0.5, 0.6) is 5.75 Å². The fraction of sp³-hybridized carbons (Fsp3) is 0.0556. The first-order valence-corrected chi connectivity index (χ1v) is 9.47. The van der Waals surface area contributed by atoms with E-state index in [0.29, 0.717) is 21.4 Å². The Bertz CT molecular complexity index is 1040. The lowest BCUT2D eigenvalue weighted by Crippen LogP contribution is -2.19. The molecule has 0 unspecified atom stereocenters. The quantitative estimate of drug-likeness (QED) is 0.314. The van der Waals surface area contributed by atoms with E-state index in [0.717, 1.165) is 21.8 Å². The van der Waals surface area contributed by atoms with E-state index >= 15 is 0 Å². The van der Waals surface area contributed by atoms with Crippen LogP contribution in [0.1, 0.15) is 11.1 Å². The van der Waals surface area contributed by atoms with Crippen LogP contribution in [0.25, 0.3) is 6.08 Å². The molecule has 1 saturated heterocycles. The van der Waals surface area contributed by atoms with Gasteiger partial charge in [-0.3, -0.25) is 20.2 Å². The van der Waals surface area contributed by atoms with E-state index in [9.17, 15) is 14.9 Å². The van der Waals surface area contributed by atoms with E-state index in [1.807, 2.05) is 12.1 Å². The maximum absolute atomic E-state index is 12.1. The number of hydrogen-bond acceptors (Lipinski definition) is 7. The van der Waals surface area contributed by atoms with Crippen molar-refractivity contribution in [2.45, 2.75) is 0 Å². The van der Waals surface area contributed by atoms with Gasteiger partial charge in [0.2, 0.25) is 0 Å². The molecular formula is C18H13BrN4O4S. The number of hydrogen-bond donors (Lipinski definition) is 1. The lowest BCUT2D eigenvalue weighted by molar-refractivity contribution is -0.384. The molecule has 10 heteroatoms. The van der Waals surface area contributed by atoms with E-state index < -0.39 is 4.92 Å². The molecule has 0 saturated carbocycles. The number of nitro benzene ring substituents is 1. The molecule has 142 valence electrons. The van der Waals surface area contributed by atoms with E-state index in [-0.39, 0.29) is 11.6 Å². The van der Waals surface area contributed by atoms with Crippen molar-refractivity contribution in [2.75, 3.05) is 7.11 Å². The van der Waals surface area contributed by atoms with Gasteiger partial charge in [0.05, 0.1) is 27.6 Å². The molecule has 3 rings (SSSR count). The largest absolute Gasteiger partial charge is 0.496 e. The average molecular weight is 461 g/mol. The first-order valence-electron chi connectivity index (χ1n) is 7.86. The van der Waals surface area contributed by atoms with E-state index in [2.05, 4.69) is 31.4 Å². The van der Waals surface area contributed by atoms with Crippen LogP contribution >= 0.6 is 27.7 Å². The highest BCUT2D eigenvalue weighted by atomic mass is 79.9. The molecule has 1 fully saturated rings. The molecule has 8 nitrogen and oxygen atoms in total. The number of carbonyl (C=O) groups excluding carboxylic acids is 1. The molecule has 0 atom stereocenters. The van der Waals surface area contributed by atoms with Crippen LogP contribution in [0.15, 0.2) is 62.0 Å². The number of halogens is 1. The molecule has 1 heterocycles. The van der Waals surface area contributed by atoms with E-state index in [1.165, 1.54) is 12.1 Å². The molecule has 0 aromatic heterocycles. The van der Waals surface area contributed by atoms with Crippen LogP contribution in [0.2, 0.25) is 0 Å². The minimum absolute atomic E-state index is 0.0399. The Labute approximate surface area is 172 Å². The number of benzene rings is 2. The summed E-state index contributed by atoms with van der Waals surface area (Å²) < 4.78 is 5.95. The predicted octanol–water partition coefficient (Wildman–Crippen LogP) is 3.96. The number of thioether (sulfide) groups is 1.